The zero-order chi connectivity index (χ0) is 19.3. The van der Waals surface area contributed by atoms with Gasteiger partial charge in [0.1, 0.15) is 5.76 Å². The Kier molecular flexibility index (Phi) is 3.04. The molecule has 3 aliphatic carbocycles. The van der Waals surface area contributed by atoms with Gasteiger partial charge in [-0.1, -0.05) is 18.2 Å². The Labute approximate surface area is 133 Å². The van der Waals surface area contributed by atoms with Crippen LogP contribution in [0, 0.1) is 0 Å². The molecule has 1 saturated carbocycles. The van der Waals surface area contributed by atoms with Crippen LogP contribution in [0.5, 0.6) is 0 Å². The van der Waals surface area contributed by atoms with Gasteiger partial charge in [-0.2, -0.15) is 30.7 Å². The van der Waals surface area contributed by atoms with E-state index in [0.717, 1.165) is 6.08 Å². The van der Waals surface area contributed by atoms with Gasteiger partial charge in [0, 0.05) is 5.57 Å². The molecule has 3 atom stereocenters. The van der Waals surface area contributed by atoms with Gasteiger partial charge in [0.2, 0.25) is 11.3 Å². The molecule has 2 nitrogen and oxygen atoms in total. The molecule has 3 unspecified atom stereocenters. The van der Waals surface area contributed by atoms with E-state index in [2.05, 4.69) is 0 Å². The zero-order valence-electron chi connectivity index (χ0n) is 11.7. The lowest BCUT2D eigenvalue weighted by atomic mass is 9.59. The van der Waals surface area contributed by atoms with Crippen molar-refractivity contribution in [3.05, 3.63) is 47.3 Å². The van der Waals surface area contributed by atoms with E-state index in [9.17, 15) is 40.9 Å². The summed E-state index contributed by atoms with van der Waals surface area (Å²) in [5, 5.41) is 18.8. The summed E-state index contributed by atoms with van der Waals surface area (Å²) in [4.78, 5) is 0. The Bertz CT molecular complexity index is 777. The largest absolute Gasteiger partial charge is 0.508 e. The first kappa shape index (κ1) is 17.9. The average molecular weight is 378 g/mol. The highest BCUT2D eigenvalue weighted by Crippen LogP contribution is 2.70. The van der Waals surface area contributed by atoms with E-state index in [0.29, 0.717) is 12.2 Å². The van der Waals surface area contributed by atoms with E-state index < -0.39 is 57.9 Å². The zero-order valence-corrected chi connectivity index (χ0v) is 11.7. The maximum atomic E-state index is 15.2. The topological polar surface area (TPSA) is 40.5 Å². The Morgan fingerprint density at radius 1 is 0.760 bits per heavy atom. The molecule has 1 fully saturated rings. The highest BCUT2D eigenvalue weighted by atomic mass is 19.4. The second-order valence-corrected chi connectivity index (χ2v) is 5.79. The normalized spacial score (nSPS) is 43.4. The SMILES string of the molecule is OC1=C2C=CC=CC2(F)C2(F)C(=C1)C(O)(F)C(F)(F)C(F)(F)C2(F)F. The molecule has 3 rings (SSSR count). The summed E-state index contributed by atoms with van der Waals surface area (Å²) < 4.78 is 127. The van der Waals surface area contributed by atoms with E-state index in [4.69, 9.17) is 0 Å². The van der Waals surface area contributed by atoms with E-state index in [1.807, 2.05) is 0 Å². The smallest absolute Gasteiger partial charge is 0.382 e. The summed E-state index contributed by atoms with van der Waals surface area (Å²) in [7, 11) is 0. The van der Waals surface area contributed by atoms with Crippen LogP contribution in [-0.2, 0) is 0 Å². The summed E-state index contributed by atoms with van der Waals surface area (Å²) in [5.41, 5.74) is -13.9. The van der Waals surface area contributed by atoms with Gasteiger partial charge in [-0.3, -0.25) is 0 Å². The van der Waals surface area contributed by atoms with Crippen LogP contribution < -0.4 is 0 Å². The van der Waals surface area contributed by atoms with Crippen LogP contribution in [-0.4, -0.2) is 45.2 Å². The van der Waals surface area contributed by atoms with Crippen LogP contribution in [0.1, 0.15) is 0 Å². The third-order valence-corrected chi connectivity index (χ3v) is 4.52. The van der Waals surface area contributed by atoms with Crippen LogP contribution in [0.4, 0.5) is 39.5 Å². The Morgan fingerprint density at radius 3 is 1.88 bits per heavy atom. The van der Waals surface area contributed by atoms with Crippen LogP contribution in [0.3, 0.4) is 0 Å². The van der Waals surface area contributed by atoms with Crippen molar-refractivity contribution < 1.29 is 49.7 Å². The van der Waals surface area contributed by atoms with Gasteiger partial charge in [0.05, 0.1) is 5.57 Å². The van der Waals surface area contributed by atoms with E-state index in [1.165, 1.54) is 0 Å². The number of allylic oxidation sites excluding steroid dienone is 6. The summed E-state index contributed by atoms with van der Waals surface area (Å²) in [6.45, 7) is 0. The van der Waals surface area contributed by atoms with Crippen LogP contribution in [0.15, 0.2) is 47.3 Å². The van der Waals surface area contributed by atoms with Crippen molar-refractivity contribution >= 4 is 0 Å². The molecule has 0 bridgehead atoms. The first-order chi connectivity index (χ1) is 11.1. The standard InChI is InChI=1S/C14H7F9O2/c15-9-4-2-1-3-6(9)7(24)5-8-10(9,16)12(18,19)14(22,23)13(20,21)11(8,17)25/h1-5,24-25H. The second-order valence-electron chi connectivity index (χ2n) is 5.79. The first-order valence-electron chi connectivity index (χ1n) is 6.55. The molecule has 0 aromatic heterocycles. The van der Waals surface area contributed by atoms with Gasteiger partial charge in [-0.25, -0.2) is 8.78 Å². The minimum Gasteiger partial charge on any atom is -0.508 e. The minimum absolute atomic E-state index is 0.0604. The third-order valence-electron chi connectivity index (χ3n) is 4.52. The molecule has 0 aromatic carbocycles. The lowest BCUT2D eigenvalue weighted by molar-refractivity contribution is -0.423. The third kappa shape index (κ3) is 1.50. The van der Waals surface area contributed by atoms with Crippen molar-refractivity contribution in [3.8, 4) is 0 Å². The lowest BCUT2D eigenvalue weighted by Gasteiger charge is -2.56. The number of halogens is 9. The average Bonchev–Trinajstić information content (AvgIpc) is 2.49. The van der Waals surface area contributed by atoms with Gasteiger partial charge in [-0.05, 0) is 12.2 Å². The fourth-order valence-electron chi connectivity index (χ4n) is 3.15. The van der Waals surface area contributed by atoms with Gasteiger partial charge < -0.3 is 10.2 Å². The molecule has 0 saturated heterocycles. The van der Waals surface area contributed by atoms with Crippen molar-refractivity contribution in [1.82, 2.24) is 0 Å². The Morgan fingerprint density at radius 2 is 1.32 bits per heavy atom. The minimum atomic E-state index is -6.80. The molecule has 138 valence electrons. The lowest BCUT2D eigenvalue weighted by Crippen LogP contribution is -2.81. The van der Waals surface area contributed by atoms with Crippen LogP contribution in [0.25, 0.3) is 0 Å². The van der Waals surface area contributed by atoms with Crippen molar-refractivity contribution in [2.24, 2.45) is 0 Å². The highest BCUT2D eigenvalue weighted by Gasteiger charge is 2.95. The second kappa shape index (κ2) is 4.25. The summed E-state index contributed by atoms with van der Waals surface area (Å²) in [6, 6.07) is 0. The molecule has 0 radical (unpaired) electrons. The predicted octanol–water partition coefficient (Wildman–Crippen LogP) is 3.86. The molecule has 0 spiro atoms. The fourth-order valence-corrected chi connectivity index (χ4v) is 3.15. The summed E-state index contributed by atoms with van der Waals surface area (Å²) >= 11 is 0. The number of aliphatic hydroxyl groups excluding tert-OH is 1. The van der Waals surface area contributed by atoms with Crippen molar-refractivity contribution in [1.29, 1.82) is 0 Å². The Hall–Kier alpha value is -1.91. The number of alkyl halides is 9. The van der Waals surface area contributed by atoms with Crippen LogP contribution >= 0.6 is 0 Å². The maximum absolute atomic E-state index is 15.2. The molecular formula is C14H7F9O2. The molecule has 2 N–H and O–H groups in total. The molecule has 25 heavy (non-hydrogen) atoms. The van der Waals surface area contributed by atoms with Gasteiger partial charge in [-0.15, -0.1) is 0 Å². The molecule has 11 heteroatoms. The van der Waals surface area contributed by atoms with Crippen molar-refractivity contribution in [3.63, 3.8) is 0 Å². The molecular weight excluding hydrogens is 371 g/mol. The molecule has 3 aliphatic rings. The number of hydrogen-bond acceptors (Lipinski definition) is 2. The van der Waals surface area contributed by atoms with E-state index in [1.54, 1.807) is 0 Å². The summed E-state index contributed by atoms with van der Waals surface area (Å²) in [6.07, 6.45) is 1.49. The number of aliphatic hydroxyl groups is 2. The van der Waals surface area contributed by atoms with Gasteiger partial charge in [0.15, 0.2) is 0 Å². The number of hydrogen-bond donors (Lipinski definition) is 2. The summed E-state index contributed by atoms with van der Waals surface area (Å²) in [5.74, 6) is -27.0. The highest BCUT2D eigenvalue weighted by molar-refractivity contribution is 5.61. The van der Waals surface area contributed by atoms with E-state index >= 15 is 8.78 Å². The van der Waals surface area contributed by atoms with Gasteiger partial charge >= 0.3 is 23.6 Å². The molecule has 0 heterocycles. The quantitative estimate of drug-likeness (QED) is 0.629. The van der Waals surface area contributed by atoms with Crippen molar-refractivity contribution in [2.75, 3.05) is 0 Å². The van der Waals surface area contributed by atoms with Crippen molar-refractivity contribution in [2.45, 2.75) is 35.0 Å². The first-order valence-corrected chi connectivity index (χ1v) is 6.55. The molecule has 0 aromatic rings. The monoisotopic (exact) mass is 378 g/mol. The molecule has 0 aliphatic heterocycles. The van der Waals surface area contributed by atoms with Crippen LogP contribution in [0.2, 0.25) is 0 Å². The number of rotatable bonds is 0. The Balaban J connectivity index is 2.48. The van der Waals surface area contributed by atoms with Gasteiger partial charge in [0.25, 0.3) is 0 Å². The predicted molar refractivity (Wildman–Crippen MR) is 64.6 cm³/mol. The maximum Gasteiger partial charge on any atom is 0.382 e. The molecule has 0 amide bonds. The fraction of sp³-hybridized carbons (Fsp3) is 0.429. The van der Waals surface area contributed by atoms with E-state index in [-0.39, 0.29) is 6.08 Å². The number of fused-ring (bicyclic) bond motifs is 3.